The van der Waals surface area contributed by atoms with Crippen molar-refractivity contribution in [2.75, 3.05) is 20.1 Å². The smallest absolute Gasteiger partial charge is 0.311 e. The minimum atomic E-state index is -0.243. The van der Waals surface area contributed by atoms with Crippen LogP contribution >= 0.6 is 0 Å². The van der Waals surface area contributed by atoms with Crippen LogP contribution in [0.15, 0.2) is 54.6 Å². The maximum Gasteiger partial charge on any atom is 0.311 e. The van der Waals surface area contributed by atoms with E-state index in [-0.39, 0.29) is 41.1 Å². The van der Waals surface area contributed by atoms with E-state index in [1.807, 2.05) is 12.1 Å². The molecule has 1 aliphatic heterocycles. The van der Waals surface area contributed by atoms with Gasteiger partial charge in [-0.2, -0.15) is 0 Å². The Morgan fingerprint density at radius 1 is 1.03 bits per heavy atom. The van der Waals surface area contributed by atoms with Crippen LogP contribution in [0.4, 0.5) is 4.39 Å². The van der Waals surface area contributed by atoms with Crippen molar-refractivity contribution in [2.24, 2.45) is 17.8 Å². The molecule has 0 aromatic heterocycles. The Hall–Kier alpha value is -2.20. The largest absolute Gasteiger partial charge is 0.462 e. The lowest BCUT2D eigenvalue weighted by molar-refractivity contribution is -0.164. The molecule has 1 aliphatic carbocycles. The molecule has 2 aliphatic rings. The van der Waals surface area contributed by atoms with Crippen LogP contribution in [0.3, 0.4) is 0 Å². The van der Waals surface area contributed by atoms with Gasteiger partial charge in [0.25, 0.3) is 0 Å². The van der Waals surface area contributed by atoms with Crippen molar-refractivity contribution >= 4 is 5.97 Å². The van der Waals surface area contributed by atoms with Crippen molar-refractivity contribution in [1.29, 1.82) is 0 Å². The van der Waals surface area contributed by atoms with Crippen LogP contribution in [0.5, 0.6) is 0 Å². The fourth-order valence-corrected chi connectivity index (χ4v) is 6.07. The summed E-state index contributed by atoms with van der Waals surface area (Å²) in [5.41, 5.74) is 2.25. The molecule has 3 nitrogen and oxygen atoms in total. The van der Waals surface area contributed by atoms with E-state index in [1.165, 1.54) is 24.1 Å². The van der Waals surface area contributed by atoms with E-state index in [4.69, 9.17) is 4.74 Å². The normalized spacial score (nSPS) is 28.9. The molecule has 0 spiro atoms. The Morgan fingerprint density at radius 2 is 1.73 bits per heavy atom. The molecule has 4 heteroatoms. The van der Waals surface area contributed by atoms with Crippen molar-refractivity contribution in [3.05, 3.63) is 71.5 Å². The lowest BCUT2D eigenvalue weighted by Crippen LogP contribution is -2.47. The monoisotopic (exact) mass is 451 g/mol. The van der Waals surface area contributed by atoms with E-state index in [1.54, 1.807) is 0 Å². The van der Waals surface area contributed by atoms with Crippen LogP contribution < -0.4 is 0 Å². The van der Waals surface area contributed by atoms with Crippen LogP contribution in [0.2, 0.25) is 0 Å². The number of ether oxygens (including phenoxy) is 1. The number of nitrogens with zero attached hydrogens (tertiary/aromatic N) is 1. The summed E-state index contributed by atoms with van der Waals surface area (Å²) in [6.07, 6.45) is 3.93. The molecule has 5 atom stereocenters. The molecule has 33 heavy (non-hydrogen) atoms. The molecule has 4 rings (SSSR count). The van der Waals surface area contributed by atoms with Crippen LogP contribution in [-0.2, 0) is 14.9 Å². The average Bonchev–Trinajstić information content (AvgIpc) is 2.80. The number of likely N-dealkylation sites (tertiary alicyclic amines) is 1. The first-order valence-electron chi connectivity index (χ1n) is 12.5. The molecule has 178 valence electrons. The molecule has 0 unspecified atom stereocenters. The van der Waals surface area contributed by atoms with Crippen molar-refractivity contribution in [2.45, 2.75) is 63.9 Å². The van der Waals surface area contributed by atoms with Crippen molar-refractivity contribution < 1.29 is 13.9 Å². The standard InChI is InChI=1S/C29H38FNO2/c1-20-10-15-26(29(2,3)22-8-6-5-7-9-22)27(18-20)33-28(32)25-19-31(4)17-16-24(25)21-11-13-23(30)14-12-21/h5-9,11-14,20,24-27H,10,15-19H2,1-4H3/t20-,24-,25+,26-,27-/m1/s1. The summed E-state index contributed by atoms with van der Waals surface area (Å²) in [6, 6.07) is 17.3. The highest BCUT2D eigenvalue weighted by atomic mass is 19.1. The van der Waals surface area contributed by atoms with Gasteiger partial charge in [0.1, 0.15) is 11.9 Å². The van der Waals surface area contributed by atoms with Crippen molar-refractivity contribution in [3.63, 3.8) is 0 Å². The lowest BCUT2D eigenvalue weighted by Gasteiger charge is -2.45. The third kappa shape index (κ3) is 5.32. The van der Waals surface area contributed by atoms with Crippen LogP contribution in [0, 0.1) is 23.6 Å². The lowest BCUT2D eigenvalue weighted by atomic mass is 9.64. The first kappa shape index (κ1) is 23.9. The quantitative estimate of drug-likeness (QED) is 0.508. The summed E-state index contributed by atoms with van der Waals surface area (Å²) in [7, 11) is 2.06. The van der Waals surface area contributed by atoms with Gasteiger partial charge in [0.15, 0.2) is 0 Å². The topological polar surface area (TPSA) is 29.5 Å². The Kier molecular flexibility index (Phi) is 7.23. The summed E-state index contributed by atoms with van der Waals surface area (Å²) in [5.74, 6) is 0.331. The van der Waals surface area contributed by atoms with Crippen LogP contribution in [-0.4, -0.2) is 37.1 Å². The Morgan fingerprint density at radius 3 is 2.42 bits per heavy atom. The molecule has 2 aromatic carbocycles. The summed E-state index contributed by atoms with van der Waals surface area (Å²) in [4.78, 5) is 15.9. The van der Waals surface area contributed by atoms with Gasteiger partial charge in [-0.25, -0.2) is 4.39 Å². The molecule has 1 saturated carbocycles. The van der Waals surface area contributed by atoms with E-state index in [0.29, 0.717) is 12.5 Å². The fraction of sp³-hybridized carbons (Fsp3) is 0.552. The molecule has 0 N–H and O–H groups in total. The highest BCUT2D eigenvalue weighted by molar-refractivity contribution is 5.74. The molecule has 1 heterocycles. The van der Waals surface area contributed by atoms with Gasteiger partial charge in [0.2, 0.25) is 0 Å². The summed E-state index contributed by atoms with van der Waals surface area (Å²) in [6.45, 7) is 8.45. The third-order valence-electron chi connectivity index (χ3n) is 8.18. The molecule has 0 radical (unpaired) electrons. The second-order valence-corrected chi connectivity index (χ2v) is 10.9. The highest BCUT2D eigenvalue weighted by Crippen LogP contribution is 2.44. The second-order valence-electron chi connectivity index (χ2n) is 10.9. The van der Waals surface area contributed by atoms with E-state index in [2.05, 4.69) is 63.1 Å². The van der Waals surface area contributed by atoms with Gasteiger partial charge >= 0.3 is 5.97 Å². The molecule has 1 saturated heterocycles. The second kappa shape index (κ2) is 9.97. The number of carbonyl (C=O) groups is 1. The van der Waals surface area contributed by atoms with Gasteiger partial charge < -0.3 is 9.64 Å². The van der Waals surface area contributed by atoms with Gasteiger partial charge in [-0.3, -0.25) is 4.79 Å². The zero-order chi connectivity index (χ0) is 23.6. The Labute approximate surface area is 198 Å². The van der Waals surface area contributed by atoms with Crippen molar-refractivity contribution in [1.82, 2.24) is 4.90 Å². The Bertz CT molecular complexity index is 926. The summed E-state index contributed by atoms with van der Waals surface area (Å²) in [5, 5.41) is 0. The number of rotatable bonds is 5. The number of halogens is 1. The van der Waals surface area contributed by atoms with E-state index in [9.17, 15) is 9.18 Å². The maximum atomic E-state index is 13.7. The predicted octanol–water partition coefficient (Wildman–Crippen LogP) is 6.19. The molecule has 0 amide bonds. The zero-order valence-corrected chi connectivity index (χ0v) is 20.5. The minimum absolute atomic E-state index is 0.0656. The zero-order valence-electron chi connectivity index (χ0n) is 20.5. The van der Waals surface area contributed by atoms with Gasteiger partial charge in [0, 0.05) is 12.5 Å². The van der Waals surface area contributed by atoms with E-state index in [0.717, 1.165) is 31.4 Å². The number of piperidine rings is 1. The molecule has 0 bridgehead atoms. The predicted molar refractivity (Wildman–Crippen MR) is 131 cm³/mol. The van der Waals surface area contributed by atoms with Gasteiger partial charge in [-0.15, -0.1) is 0 Å². The van der Waals surface area contributed by atoms with Crippen LogP contribution in [0.25, 0.3) is 0 Å². The number of hydrogen-bond acceptors (Lipinski definition) is 3. The SMILES string of the molecule is C[C@@H]1CC[C@@H](C(C)(C)c2ccccc2)[C@H](OC(=O)[C@H]2CN(C)CC[C@@H]2c2ccc(F)cc2)C1. The first-order valence-corrected chi connectivity index (χ1v) is 12.5. The molecule has 2 aromatic rings. The van der Waals surface area contributed by atoms with E-state index < -0.39 is 0 Å². The average molecular weight is 452 g/mol. The summed E-state index contributed by atoms with van der Waals surface area (Å²) < 4.78 is 19.9. The summed E-state index contributed by atoms with van der Waals surface area (Å²) >= 11 is 0. The first-order chi connectivity index (χ1) is 15.8. The molecular formula is C29H38FNO2. The fourth-order valence-electron chi connectivity index (χ4n) is 6.07. The van der Waals surface area contributed by atoms with Crippen molar-refractivity contribution in [3.8, 4) is 0 Å². The Balaban J connectivity index is 1.56. The van der Waals surface area contributed by atoms with Gasteiger partial charge in [-0.05, 0) is 73.4 Å². The van der Waals surface area contributed by atoms with Gasteiger partial charge in [-0.1, -0.05) is 69.7 Å². The number of hydrogen-bond donors (Lipinski definition) is 0. The maximum absolute atomic E-state index is 13.7. The number of carbonyl (C=O) groups excluding carboxylic acids is 1. The number of benzene rings is 2. The third-order valence-corrected chi connectivity index (χ3v) is 8.18. The van der Waals surface area contributed by atoms with E-state index >= 15 is 0 Å². The molecular weight excluding hydrogens is 413 g/mol. The highest BCUT2D eigenvalue weighted by Gasteiger charge is 2.44. The van der Waals surface area contributed by atoms with Crippen LogP contribution in [0.1, 0.15) is 63.5 Å². The van der Waals surface area contributed by atoms with Gasteiger partial charge in [0.05, 0.1) is 5.92 Å². The molecule has 2 fully saturated rings. The minimum Gasteiger partial charge on any atom is -0.462 e. The number of esters is 1.